The molecular formula is C24H33NO2. The van der Waals surface area contributed by atoms with Gasteiger partial charge in [0, 0.05) is 6.04 Å². The van der Waals surface area contributed by atoms with Crippen molar-refractivity contribution >= 4 is 5.91 Å². The number of aliphatic hydroxyl groups is 1. The summed E-state index contributed by atoms with van der Waals surface area (Å²) >= 11 is 0. The Bertz CT molecular complexity index is 702. The van der Waals surface area contributed by atoms with E-state index in [2.05, 4.69) is 36.5 Å². The summed E-state index contributed by atoms with van der Waals surface area (Å²) in [4.78, 5) is 13.5. The van der Waals surface area contributed by atoms with Crippen molar-refractivity contribution in [3.63, 3.8) is 0 Å². The van der Waals surface area contributed by atoms with Crippen molar-refractivity contribution in [2.75, 3.05) is 0 Å². The topological polar surface area (TPSA) is 49.3 Å². The quantitative estimate of drug-likeness (QED) is 0.839. The molecule has 3 heteroatoms. The number of hydrogen-bond donors (Lipinski definition) is 2. The molecule has 4 bridgehead atoms. The van der Waals surface area contributed by atoms with Crippen LogP contribution in [-0.4, -0.2) is 23.2 Å². The second kappa shape index (κ2) is 6.34. The van der Waals surface area contributed by atoms with Crippen LogP contribution >= 0.6 is 0 Å². The third-order valence-electron chi connectivity index (χ3n) is 8.24. The van der Waals surface area contributed by atoms with Gasteiger partial charge in [-0.25, -0.2) is 0 Å². The van der Waals surface area contributed by atoms with Crippen molar-refractivity contribution in [2.24, 2.45) is 17.3 Å². The van der Waals surface area contributed by atoms with E-state index in [0.29, 0.717) is 17.7 Å². The largest absolute Gasteiger partial charge is 0.393 e. The lowest BCUT2D eigenvalue weighted by Crippen LogP contribution is -2.60. The smallest absolute Gasteiger partial charge is 0.226 e. The van der Waals surface area contributed by atoms with E-state index in [1.165, 1.54) is 30.4 Å². The summed E-state index contributed by atoms with van der Waals surface area (Å²) in [5.41, 5.74) is 2.86. The minimum Gasteiger partial charge on any atom is -0.393 e. The van der Waals surface area contributed by atoms with Gasteiger partial charge in [-0.05, 0) is 93.9 Å². The van der Waals surface area contributed by atoms with Crippen molar-refractivity contribution in [1.29, 1.82) is 0 Å². The van der Waals surface area contributed by atoms with E-state index < -0.39 is 0 Å². The summed E-state index contributed by atoms with van der Waals surface area (Å²) in [7, 11) is 0. The highest BCUT2D eigenvalue weighted by Crippen LogP contribution is 2.65. The minimum absolute atomic E-state index is 0.148. The maximum Gasteiger partial charge on any atom is 0.226 e. The third-order valence-corrected chi connectivity index (χ3v) is 8.24. The lowest BCUT2D eigenvalue weighted by Gasteiger charge is -2.61. The molecule has 5 aliphatic rings. The zero-order chi connectivity index (χ0) is 18.6. The minimum atomic E-state index is -0.164. The Morgan fingerprint density at radius 1 is 1.00 bits per heavy atom. The van der Waals surface area contributed by atoms with Crippen LogP contribution in [0.5, 0.6) is 0 Å². The highest BCUT2D eigenvalue weighted by molar-refractivity contribution is 5.84. The Labute approximate surface area is 162 Å². The Morgan fingerprint density at radius 3 is 2.26 bits per heavy atom. The molecule has 146 valence electrons. The standard InChI is InChI=1S/C24H33NO2/c1-16-2-4-19(5-3-16)23-11-17-10-18(12-23)14-24(13-17,15-23)22(27)25-20-6-8-21(26)9-7-20/h2-5,17-18,20-21,26H,6-15H2,1H3,(H,25,27). The Kier molecular flexibility index (Phi) is 4.16. The SMILES string of the molecule is Cc1ccc(C23CC4CC(CC(C(=O)NC5CCC(O)CC5)(C4)C2)C3)cc1. The van der Waals surface area contributed by atoms with Gasteiger partial charge in [-0.15, -0.1) is 0 Å². The van der Waals surface area contributed by atoms with Crippen molar-refractivity contribution < 1.29 is 9.90 Å². The van der Waals surface area contributed by atoms with Crippen molar-refractivity contribution in [2.45, 2.75) is 88.7 Å². The molecule has 27 heavy (non-hydrogen) atoms. The van der Waals surface area contributed by atoms with Gasteiger partial charge < -0.3 is 10.4 Å². The van der Waals surface area contributed by atoms with E-state index in [1.807, 2.05) is 0 Å². The van der Waals surface area contributed by atoms with Gasteiger partial charge in [0.05, 0.1) is 11.5 Å². The molecule has 6 rings (SSSR count). The van der Waals surface area contributed by atoms with E-state index in [4.69, 9.17) is 0 Å². The average molecular weight is 368 g/mol. The molecule has 1 aromatic carbocycles. The molecule has 5 saturated carbocycles. The summed E-state index contributed by atoms with van der Waals surface area (Å²) in [6, 6.07) is 9.42. The number of rotatable bonds is 3. The zero-order valence-corrected chi connectivity index (χ0v) is 16.5. The second-order valence-electron chi connectivity index (χ2n) is 10.4. The number of benzene rings is 1. The highest BCUT2D eigenvalue weighted by atomic mass is 16.3. The van der Waals surface area contributed by atoms with Gasteiger partial charge >= 0.3 is 0 Å². The molecule has 2 atom stereocenters. The first kappa shape index (κ1) is 17.7. The molecule has 0 saturated heterocycles. The molecule has 0 aliphatic heterocycles. The molecule has 5 aliphatic carbocycles. The normalized spacial score (nSPS) is 42.9. The van der Waals surface area contributed by atoms with Crippen molar-refractivity contribution in [3.8, 4) is 0 Å². The van der Waals surface area contributed by atoms with Crippen LogP contribution < -0.4 is 5.32 Å². The first-order valence-corrected chi connectivity index (χ1v) is 11.0. The van der Waals surface area contributed by atoms with E-state index in [9.17, 15) is 9.90 Å². The molecule has 2 unspecified atom stereocenters. The van der Waals surface area contributed by atoms with Crippen LogP contribution in [0.15, 0.2) is 24.3 Å². The molecule has 5 fully saturated rings. The third kappa shape index (κ3) is 3.03. The van der Waals surface area contributed by atoms with Crippen LogP contribution in [0.3, 0.4) is 0 Å². The number of aliphatic hydroxyl groups excluding tert-OH is 1. The molecular weight excluding hydrogens is 334 g/mol. The summed E-state index contributed by atoms with van der Waals surface area (Å²) in [5.74, 6) is 1.76. The number of amides is 1. The van der Waals surface area contributed by atoms with Crippen molar-refractivity contribution in [3.05, 3.63) is 35.4 Å². The molecule has 0 spiro atoms. The zero-order valence-electron chi connectivity index (χ0n) is 16.5. The molecule has 2 N–H and O–H groups in total. The summed E-state index contributed by atoms with van der Waals surface area (Å²) in [6.07, 6.45) is 10.5. The highest BCUT2D eigenvalue weighted by Gasteiger charge is 2.61. The molecule has 0 heterocycles. The lowest BCUT2D eigenvalue weighted by molar-refractivity contribution is -0.150. The molecule has 0 aromatic heterocycles. The molecule has 0 radical (unpaired) electrons. The maximum atomic E-state index is 13.5. The predicted octanol–water partition coefficient (Wildman–Crippen LogP) is 4.25. The van der Waals surface area contributed by atoms with Gasteiger partial charge in [-0.3, -0.25) is 4.79 Å². The van der Waals surface area contributed by atoms with Gasteiger partial charge in [0.25, 0.3) is 0 Å². The fraction of sp³-hybridized carbons (Fsp3) is 0.708. The van der Waals surface area contributed by atoms with Crippen LogP contribution in [0, 0.1) is 24.2 Å². The van der Waals surface area contributed by atoms with Gasteiger partial charge in [-0.1, -0.05) is 29.8 Å². The maximum absolute atomic E-state index is 13.5. The van der Waals surface area contributed by atoms with Crippen LogP contribution in [0.2, 0.25) is 0 Å². The van der Waals surface area contributed by atoms with E-state index in [-0.39, 0.29) is 23.0 Å². The number of hydrogen-bond acceptors (Lipinski definition) is 2. The van der Waals surface area contributed by atoms with Gasteiger partial charge in [-0.2, -0.15) is 0 Å². The summed E-state index contributed by atoms with van der Waals surface area (Å²) < 4.78 is 0. The van der Waals surface area contributed by atoms with Crippen LogP contribution in [0.1, 0.15) is 75.3 Å². The Balaban J connectivity index is 1.39. The van der Waals surface area contributed by atoms with Crippen LogP contribution in [0.25, 0.3) is 0 Å². The van der Waals surface area contributed by atoms with Crippen LogP contribution in [-0.2, 0) is 10.2 Å². The van der Waals surface area contributed by atoms with Crippen LogP contribution in [0.4, 0.5) is 0 Å². The number of carbonyl (C=O) groups is 1. The van der Waals surface area contributed by atoms with Crippen molar-refractivity contribution in [1.82, 2.24) is 5.32 Å². The predicted molar refractivity (Wildman–Crippen MR) is 106 cm³/mol. The van der Waals surface area contributed by atoms with Gasteiger partial charge in [0.15, 0.2) is 0 Å². The van der Waals surface area contributed by atoms with Gasteiger partial charge in [0.2, 0.25) is 5.91 Å². The lowest BCUT2D eigenvalue weighted by atomic mass is 9.42. The fourth-order valence-corrected chi connectivity index (χ4v) is 7.33. The fourth-order valence-electron chi connectivity index (χ4n) is 7.33. The van der Waals surface area contributed by atoms with Gasteiger partial charge in [0.1, 0.15) is 0 Å². The first-order chi connectivity index (χ1) is 13.0. The summed E-state index contributed by atoms with van der Waals surface area (Å²) in [6.45, 7) is 2.15. The first-order valence-electron chi connectivity index (χ1n) is 11.0. The second-order valence-corrected chi connectivity index (χ2v) is 10.4. The molecule has 1 amide bonds. The molecule has 3 nitrogen and oxygen atoms in total. The number of aryl methyl sites for hydroxylation is 1. The monoisotopic (exact) mass is 367 g/mol. The van der Waals surface area contributed by atoms with E-state index in [1.54, 1.807) is 0 Å². The average Bonchev–Trinajstić information content (AvgIpc) is 2.63. The molecule has 1 aromatic rings. The van der Waals surface area contributed by atoms with E-state index in [0.717, 1.165) is 44.9 Å². The number of nitrogens with one attached hydrogen (secondary N) is 1. The Hall–Kier alpha value is -1.35. The summed E-state index contributed by atoms with van der Waals surface area (Å²) in [5, 5.41) is 13.2. The Morgan fingerprint density at radius 2 is 1.63 bits per heavy atom. The van der Waals surface area contributed by atoms with E-state index >= 15 is 0 Å². The number of carbonyl (C=O) groups excluding carboxylic acids is 1.